The molecule has 0 amide bonds. The molecule has 0 saturated heterocycles. The predicted octanol–water partition coefficient (Wildman–Crippen LogP) is 2.66. The number of benzene rings is 1. The van der Waals surface area contributed by atoms with Crippen molar-refractivity contribution in [3.63, 3.8) is 0 Å². The van der Waals surface area contributed by atoms with Crippen molar-refractivity contribution < 1.29 is 0 Å². The minimum absolute atomic E-state index is 0.518. The van der Waals surface area contributed by atoms with Crippen LogP contribution in [-0.2, 0) is 6.54 Å². The molecule has 1 aliphatic rings. The first-order valence-electron chi connectivity index (χ1n) is 5.77. The van der Waals surface area contributed by atoms with Crippen molar-refractivity contribution in [2.75, 3.05) is 5.73 Å². The van der Waals surface area contributed by atoms with Crippen LogP contribution in [0.5, 0.6) is 0 Å². The Hall–Kier alpha value is -1.51. The van der Waals surface area contributed by atoms with Gasteiger partial charge in [0.05, 0.1) is 17.4 Å². The molecule has 84 valence electrons. The molecule has 1 aromatic heterocycles. The molecule has 1 aromatic carbocycles. The van der Waals surface area contributed by atoms with Crippen molar-refractivity contribution in [1.29, 1.82) is 0 Å². The molecule has 16 heavy (non-hydrogen) atoms. The van der Waals surface area contributed by atoms with Gasteiger partial charge in [-0.25, -0.2) is 4.98 Å². The lowest BCUT2D eigenvalue weighted by Gasteiger charge is -2.06. The molecule has 1 atom stereocenters. The van der Waals surface area contributed by atoms with Gasteiger partial charge in [0.25, 0.3) is 0 Å². The van der Waals surface area contributed by atoms with Gasteiger partial charge in [-0.15, -0.1) is 0 Å². The Labute approximate surface area is 95.3 Å². The first kappa shape index (κ1) is 9.70. The molecule has 1 heterocycles. The Morgan fingerprint density at radius 1 is 1.50 bits per heavy atom. The Kier molecular flexibility index (Phi) is 1.82. The van der Waals surface area contributed by atoms with Crippen LogP contribution < -0.4 is 5.73 Å². The molecule has 0 radical (unpaired) electrons. The monoisotopic (exact) mass is 215 g/mol. The van der Waals surface area contributed by atoms with Gasteiger partial charge in [-0.05, 0) is 36.0 Å². The average Bonchev–Trinajstić information content (AvgIpc) is 2.65. The molecule has 0 bridgehead atoms. The van der Waals surface area contributed by atoms with Crippen LogP contribution >= 0.6 is 0 Å². The van der Waals surface area contributed by atoms with Gasteiger partial charge < -0.3 is 10.3 Å². The zero-order chi connectivity index (χ0) is 11.3. The van der Waals surface area contributed by atoms with Gasteiger partial charge >= 0.3 is 0 Å². The molecule has 1 aliphatic carbocycles. The molecule has 3 heteroatoms. The van der Waals surface area contributed by atoms with E-state index in [2.05, 4.69) is 29.5 Å². The van der Waals surface area contributed by atoms with Gasteiger partial charge in [-0.2, -0.15) is 0 Å². The minimum atomic E-state index is 0.518. The summed E-state index contributed by atoms with van der Waals surface area (Å²) in [6.07, 6.45) is 3.25. The third-order valence-electron chi connectivity index (χ3n) is 3.78. The van der Waals surface area contributed by atoms with Crippen LogP contribution in [0.1, 0.15) is 20.3 Å². The molecule has 1 saturated carbocycles. The van der Waals surface area contributed by atoms with Gasteiger partial charge in [-0.1, -0.05) is 13.8 Å². The Bertz CT molecular complexity index is 539. The highest BCUT2D eigenvalue weighted by Gasteiger charge is 2.45. The largest absolute Gasteiger partial charge is 0.399 e. The Morgan fingerprint density at radius 3 is 2.94 bits per heavy atom. The van der Waals surface area contributed by atoms with Crippen LogP contribution in [-0.4, -0.2) is 9.55 Å². The number of nitrogen functional groups attached to an aromatic ring is 1. The van der Waals surface area contributed by atoms with E-state index in [4.69, 9.17) is 5.73 Å². The van der Waals surface area contributed by atoms with Gasteiger partial charge in [0.1, 0.15) is 0 Å². The molecule has 3 nitrogen and oxygen atoms in total. The summed E-state index contributed by atoms with van der Waals surface area (Å²) in [6.45, 7) is 5.73. The fourth-order valence-electron chi connectivity index (χ4n) is 2.35. The lowest BCUT2D eigenvalue weighted by Crippen LogP contribution is -2.02. The summed E-state index contributed by atoms with van der Waals surface area (Å²) in [7, 11) is 0. The van der Waals surface area contributed by atoms with E-state index in [0.29, 0.717) is 5.41 Å². The van der Waals surface area contributed by atoms with E-state index in [0.717, 1.165) is 23.7 Å². The van der Waals surface area contributed by atoms with Crippen molar-refractivity contribution in [1.82, 2.24) is 9.55 Å². The number of hydrogen-bond donors (Lipinski definition) is 1. The number of imidazole rings is 1. The molecule has 0 aliphatic heterocycles. The second kappa shape index (κ2) is 3.00. The van der Waals surface area contributed by atoms with E-state index in [1.807, 2.05) is 18.5 Å². The van der Waals surface area contributed by atoms with E-state index in [-0.39, 0.29) is 0 Å². The quantitative estimate of drug-likeness (QED) is 0.783. The number of nitrogens with two attached hydrogens (primary N) is 1. The topological polar surface area (TPSA) is 43.8 Å². The lowest BCUT2D eigenvalue weighted by atomic mass is 10.1. The van der Waals surface area contributed by atoms with Crippen molar-refractivity contribution in [3.8, 4) is 0 Å². The van der Waals surface area contributed by atoms with E-state index < -0.39 is 0 Å². The van der Waals surface area contributed by atoms with Crippen LogP contribution in [0, 0.1) is 11.3 Å². The molecular weight excluding hydrogens is 198 g/mol. The summed E-state index contributed by atoms with van der Waals surface area (Å²) in [5, 5.41) is 0. The zero-order valence-electron chi connectivity index (χ0n) is 9.77. The number of rotatable bonds is 2. The van der Waals surface area contributed by atoms with Crippen LogP contribution in [0.4, 0.5) is 5.69 Å². The highest BCUT2D eigenvalue weighted by molar-refractivity contribution is 5.78. The summed E-state index contributed by atoms with van der Waals surface area (Å²) in [5.41, 5.74) is 9.23. The second-order valence-electron chi connectivity index (χ2n) is 5.53. The summed E-state index contributed by atoms with van der Waals surface area (Å²) in [5.74, 6) is 0.794. The molecule has 1 unspecified atom stereocenters. The standard InChI is InChI=1S/C13H17N3/c1-13(2)6-9(13)7-16-8-15-11-5-10(14)3-4-12(11)16/h3-5,8-9H,6-7,14H2,1-2H3. The Morgan fingerprint density at radius 2 is 2.25 bits per heavy atom. The first-order valence-corrected chi connectivity index (χ1v) is 5.77. The van der Waals surface area contributed by atoms with Crippen LogP contribution in [0.2, 0.25) is 0 Å². The van der Waals surface area contributed by atoms with Crippen LogP contribution in [0.15, 0.2) is 24.5 Å². The van der Waals surface area contributed by atoms with Gasteiger partial charge in [0.2, 0.25) is 0 Å². The van der Waals surface area contributed by atoms with Crippen molar-refractivity contribution in [2.24, 2.45) is 11.3 Å². The molecule has 2 aromatic rings. The highest BCUT2D eigenvalue weighted by atomic mass is 15.1. The molecule has 1 fully saturated rings. The number of fused-ring (bicyclic) bond motifs is 1. The third kappa shape index (κ3) is 1.47. The maximum absolute atomic E-state index is 5.74. The second-order valence-corrected chi connectivity index (χ2v) is 5.53. The SMILES string of the molecule is CC1(C)CC1Cn1cnc2cc(N)ccc21. The number of hydrogen-bond acceptors (Lipinski definition) is 2. The third-order valence-corrected chi connectivity index (χ3v) is 3.78. The van der Waals surface area contributed by atoms with Gasteiger partial charge in [0.15, 0.2) is 0 Å². The predicted molar refractivity (Wildman–Crippen MR) is 66.0 cm³/mol. The minimum Gasteiger partial charge on any atom is -0.399 e. The van der Waals surface area contributed by atoms with Crippen LogP contribution in [0.25, 0.3) is 11.0 Å². The molecule has 0 spiro atoms. The normalized spacial score (nSPS) is 22.5. The van der Waals surface area contributed by atoms with Crippen molar-refractivity contribution >= 4 is 16.7 Å². The van der Waals surface area contributed by atoms with E-state index in [1.54, 1.807) is 0 Å². The fraction of sp³-hybridized carbons (Fsp3) is 0.462. The number of nitrogens with zero attached hydrogens (tertiary/aromatic N) is 2. The van der Waals surface area contributed by atoms with Crippen molar-refractivity contribution in [2.45, 2.75) is 26.8 Å². The summed E-state index contributed by atoms with van der Waals surface area (Å²) in [4.78, 5) is 4.39. The average molecular weight is 215 g/mol. The number of aromatic nitrogens is 2. The van der Waals surface area contributed by atoms with E-state index in [9.17, 15) is 0 Å². The Balaban J connectivity index is 1.93. The lowest BCUT2D eigenvalue weighted by molar-refractivity contribution is 0.504. The first-order chi connectivity index (χ1) is 7.56. The summed E-state index contributed by atoms with van der Waals surface area (Å²) in [6, 6.07) is 5.94. The van der Waals surface area contributed by atoms with E-state index >= 15 is 0 Å². The highest BCUT2D eigenvalue weighted by Crippen LogP contribution is 2.52. The van der Waals surface area contributed by atoms with Crippen LogP contribution in [0.3, 0.4) is 0 Å². The summed E-state index contributed by atoms with van der Waals surface area (Å²) < 4.78 is 2.24. The summed E-state index contributed by atoms with van der Waals surface area (Å²) >= 11 is 0. The maximum atomic E-state index is 5.74. The van der Waals surface area contributed by atoms with Gasteiger partial charge in [0, 0.05) is 12.2 Å². The fourth-order valence-corrected chi connectivity index (χ4v) is 2.35. The molecular formula is C13H17N3. The van der Waals surface area contributed by atoms with E-state index in [1.165, 1.54) is 11.9 Å². The van der Waals surface area contributed by atoms with Gasteiger partial charge in [-0.3, -0.25) is 0 Å². The maximum Gasteiger partial charge on any atom is 0.0958 e. The zero-order valence-corrected chi connectivity index (χ0v) is 9.77. The molecule has 3 rings (SSSR count). The smallest absolute Gasteiger partial charge is 0.0958 e. The van der Waals surface area contributed by atoms with Crippen molar-refractivity contribution in [3.05, 3.63) is 24.5 Å². The number of anilines is 1. The molecule has 2 N–H and O–H groups in total.